The topological polar surface area (TPSA) is 69.2 Å². The summed E-state index contributed by atoms with van der Waals surface area (Å²) in [7, 11) is 2.22. The normalized spacial score (nSPS) is 28.1. The van der Waals surface area contributed by atoms with Crippen LogP contribution in [0.1, 0.15) is 56.3 Å². The van der Waals surface area contributed by atoms with Gasteiger partial charge in [0.05, 0.1) is 24.5 Å². The molecule has 5 atom stereocenters. The summed E-state index contributed by atoms with van der Waals surface area (Å²) in [4.78, 5) is 6.29. The molecule has 0 radical (unpaired) electrons. The highest BCUT2D eigenvalue weighted by Crippen LogP contribution is 2.64. The predicted molar refractivity (Wildman–Crippen MR) is 120 cm³/mol. The maximum Gasteiger partial charge on any atom is 0.419 e. The summed E-state index contributed by atoms with van der Waals surface area (Å²) in [6.45, 7) is 7.05. The van der Waals surface area contributed by atoms with Crippen LogP contribution in [0.4, 0.5) is 19.0 Å². The minimum Gasteiger partial charge on any atom is -0.383 e. The number of anilines is 1. The lowest BCUT2D eigenvalue weighted by atomic mass is 10.0. The molecule has 2 aromatic rings. The Kier molecular flexibility index (Phi) is 5.68. The smallest absolute Gasteiger partial charge is 0.383 e. The van der Waals surface area contributed by atoms with Crippen molar-refractivity contribution in [3.8, 4) is 11.3 Å². The third kappa shape index (κ3) is 4.14. The van der Waals surface area contributed by atoms with Crippen LogP contribution in [0, 0.1) is 17.8 Å². The molecule has 0 aromatic carbocycles. The molecule has 2 saturated carbocycles. The van der Waals surface area contributed by atoms with Crippen molar-refractivity contribution >= 4 is 5.82 Å². The lowest BCUT2D eigenvalue weighted by molar-refractivity contribution is -0.137. The number of hydrogen-bond donors (Lipinski definition) is 1. The van der Waals surface area contributed by atoms with Crippen molar-refractivity contribution in [2.75, 3.05) is 32.5 Å². The zero-order valence-corrected chi connectivity index (χ0v) is 19.3. The van der Waals surface area contributed by atoms with Gasteiger partial charge in [-0.05, 0) is 57.2 Å². The number of nitrogens with zero attached hydrogens (tertiary/aromatic N) is 4. The monoisotopic (exact) mass is 463 g/mol. The van der Waals surface area contributed by atoms with Crippen LogP contribution in [-0.4, -0.2) is 52.5 Å². The third-order valence-corrected chi connectivity index (χ3v) is 7.93. The molecule has 3 aliphatic rings. The van der Waals surface area contributed by atoms with Crippen molar-refractivity contribution in [3.63, 3.8) is 0 Å². The van der Waals surface area contributed by atoms with E-state index in [9.17, 15) is 13.2 Å². The Labute approximate surface area is 192 Å². The van der Waals surface area contributed by atoms with Crippen molar-refractivity contribution in [1.82, 2.24) is 19.7 Å². The third-order valence-electron chi connectivity index (χ3n) is 7.93. The summed E-state index contributed by atoms with van der Waals surface area (Å²) >= 11 is 0. The largest absolute Gasteiger partial charge is 0.419 e. The minimum atomic E-state index is -4.55. The SMILES string of the molecule is CCC(C)n1nc(-c2cnc(N)c(C(F)(F)F)c2)cc1[C@H]1[C@@H]2CC(N(C)CC3COC3)C[C@@H]21. The highest BCUT2D eigenvalue weighted by atomic mass is 19.4. The minimum absolute atomic E-state index is 0.177. The molecule has 3 heterocycles. The predicted octanol–water partition coefficient (Wildman–Crippen LogP) is 4.59. The van der Waals surface area contributed by atoms with Crippen LogP contribution in [0.25, 0.3) is 11.3 Å². The molecule has 1 saturated heterocycles. The fourth-order valence-corrected chi connectivity index (χ4v) is 5.72. The van der Waals surface area contributed by atoms with Crippen molar-refractivity contribution in [3.05, 3.63) is 29.6 Å². The van der Waals surface area contributed by atoms with Gasteiger partial charge in [-0.1, -0.05) is 6.92 Å². The van der Waals surface area contributed by atoms with Gasteiger partial charge in [0.1, 0.15) is 5.82 Å². The van der Waals surface area contributed by atoms with Crippen LogP contribution in [0.15, 0.2) is 18.3 Å². The van der Waals surface area contributed by atoms with Gasteiger partial charge in [0, 0.05) is 47.9 Å². The van der Waals surface area contributed by atoms with Gasteiger partial charge in [0.25, 0.3) is 0 Å². The van der Waals surface area contributed by atoms with Gasteiger partial charge in [-0.25, -0.2) is 4.98 Å². The van der Waals surface area contributed by atoms with E-state index in [1.807, 2.05) is 10.7 Å². The average Bonchev–Trinajstić information content (AvgIpc) is 3.08. The van der Waals surface area contributed by atoms with E-state index in [2.05, 4.69) is 30.8 Å². The molecule has 2 unspecified atom stereocenters. The molecule has 0 amide bonds. The average molecular weight is 464 g/mol. The lowest BCUT2D eigenvalue weighted by Crippen LogP contribution is -2.42. The van der Waals surface area contributed by atoms with E-state index in [0.717, 1.165) is 37.9 Å². The number of halogens is 3. The summed E-state index contributed by atoms with van der Waals surface area (Å²) < 4.78 is 47.4. The van der Waals surface area contributed by atoms with Gasteiger partial charge in [-0.15, -0.1) is 0 Å². The van der Waals surface area contributed by atoms with E-state index < -0.39 is 17.6 Å². The van der Waals surface area contributed by atoms with E-state index in [1.165, 1.54) is 19.0 Å². The van der Waals surface area contributed by atoms with Crippen LogP contribution in [0.3, 0.4) is 0 Å². The van der Waals surface area contributed by atoms with Crippen molar-refractivity contribution in [2.24, 2.45) is 17.8 Å². The summed E-state index contributed by atoms with van der Waals surface area (Å²) in [5, 5.41) is 4.75. The second-order valence-corrected chi connectivity index (χ2v) is 10.1. The van der Waals surface area contributed by atoms with Crippen LogP contribution < -0.4 is 5.73 Å². The standard InChI is InChI=1S/C24H32F3N5O/c1-4-13(2)32-21(8-20(30-32)15-5-19(24(25,26)27)23(28)29-9-15)22-17-6-16(7-18(17)22)31(3)10-14-11-33-12-14/h5,8-9,13-14,16-18,22H,4,6-7,10-12H2,1-3H3,(H2,28,29)/t13?,16?,17-,18+,22+. The highest BCUT2D eigenvalue weighted by molar-refractivity contribution is 5.63. The molecule has 2 aromatic heterocycles. The first-order valence-electron chi connectivity index (χ1n) is 11.9. The first kappa shape index (κ1) is 22.7. The molecule has 6 nitrogen and oxygen atoms in total. The number of pyridine rings is 1. The van der Waals surface area contributed by atoms with Crippen LogP contribution >= 0.6 is 0 Å². The Morgan fingerprint density at radius 2 is 1.94 bits per heavy atom. The van der Waals surface area contributed by atoms with E-state index in [-0.39, 0.29) is 6.04 Å². The second-order valence-electron chi connectivity index (χ2n) is 10.1. The number of fused-ring (bicyclic) bond motifs is 1. The molecule has 2 N–H and O–H groups in total. The Morgan fingerprint density at radius 1 is 1.24 bits per heavy atom. The van der Waals surface area contributed by atoms with Crippen molar-refractivity contribution < 1.29 is 17.9 Å². The second kappa shape index (κ2) is 8.27. The van der Waals surface area contributed by atoms with Crippen LogP contribution in [0.5, 0.6) is 0 Å². The zero-order valence-electron chi connectivity index (χ0n) is 19.3. The Bertz CT molecular complexity index is 1010. The molecule has 1 aliphatic heterocycles. The number of aromatic nitrogens is 3. The fraction of sp³-hybridized carbons (Fsp3) is 0.667. The molecule has 0 spiro atoms. The molecule has 180 valence electrons. The Balaban J connectivity index is 1.37. The van der Waals surface area contributed by atoms with Gasteiger partial charge < -0.3 is 15.4 Å². The molecular formula is C24H32F3N5O. The van der Waals surface area contributed by atoms with E-state index in [0.29, 0.717) is 41.0 Å². The number of nitrogen functional groups attached to an aromatic ring is 1. The first-order valence-corrected chi connectivity index (χ1v) is 11.9. The number of nitrogens with two attached hydrogens (primary N) is 1. The molecule has 9 heteroatoms. The Hall–Kier alpha value is -2.13. The molecular weight excluding hydrogens is 431 g/mol. The molecule has 2 aliphatic carbocycles. The summed E-state index contributed by atoms with van der Waals surface area (Å²) in [5.74, 6) is 1.83. The lowest BCUT2D eigenvalue weighted by Gasteiger charge is -2.34. The van der Waals surface area contributed by atoms with Gasteiger partial charge >= 0.3 is 6.18 Å². The molecule has 5 rings (SSSR count). The fourth-order valence-electron chi connectivity index (χ4n) is 5.72. The number of alkyl halides is 3. The van der Waals surface area contributed by atoms with Crippen molar-refractivity contribution in [2.45, 2.75) is 57.3 Å². The van der Waals surface area contributed by atoms with E-state index in [4.69, 9.17) is 15.6 Å². The van der Waals surface area contributed by atoms with Gasteiger partial charge in [0.2, 0.25) is 0 Å². The summed E-state index contributed by atoms with van der Waals surface area (Å²) in [5.41, 5.74) is 6.61. The Morgan fingerprint density at radius 3 is 2.52 bits per heavy atom. The summed E-state index contributed by atoms with van der Waals surface area (Å²) in [6.07, 6.45) is 0.0822. The van der Waals surface area contributed by atoms with Gasteiger partial charge in [0.15, 0.2) is 0 Å². The number of hydrogen-bond acceptors (Lipinski definition) is 5. The zero-order chi connectivity index (χ0) is 23.5. The number of ether oxygens (including phenoxy) is 1. The number of rotatable bonds is 7. The van der Waals surface area contributed by atoms with Crippen LogP contribution in [-0.2, 0) is 10.9 Å². The van der Waals surface area contributed by atoms with Gasteiger partial charge in [-0.3, -0.25) is 4.68 Å². The maximum atomic E-state index is 13.4. The van der Waals surface area contributed by atoms with E-state index >= 15 is 0 Å². The molecule has 3 fully saturated rings. The quantitative estimate of drug-likeness (QED) is 0.651. The highest BCUT2D eigenvalue weighted by Gasteiger charge is 2.58. The summed E-state index contributed by atoms with van der Waals surface area (Å²) in [6, 6.07) is 3.83. The van der Waals surface area contributed by atoms with Crippen LogP contribution in [0.2, 0.25) is 0 Å². The van der Waals surface area contributed by atoms with Gasteiger partial charge in [-0.2, -0.15) is 18.3 Å². The van der Waals surface area contributed by atoms with Crippen molar-refractivity contribution in [1.29, 1.82) is 0 Å². The first-order chi connectivity index (χ1) is 15.7. The maximum absolute atomic E-state index is 13.4. The van der Waals surface area contributed by atoms with E-state index in [1.54, 1.807) is 0 Å². The molecule has 0 bridgehead atoms. The molecule has 33 heavy (non-hydrogen) atoms.